The number of carbonyl (C=O) groups excluding carboxylic acids is 2. The van der Waals surface area contributed by atoms with Crippen LogP contribution in [-0.4, -0.2) is 28.3 Å². The first-order valence-electron chi connectivity index (χ1n) is 7.91. The molecule has 24 heavy (non-hydrogen) atoms. The summed E-state index contributed by atoms with van der Waals surface area (Å²) in [6, 6.07) is 14.4. The molecule has 0 fully saturated rings. The van der Waals surface area contributed by atoms with E-state index < -0.39 is 0 Å². The highest BCUT2D eigenvalue weighted by molar-refractivity contribution is 5.96. The SMILES string of the molecule is CCOC(=O)c1ccc2nc(CCC(=O)c3ccccc3)[nH]c2c1. The number of imidazole rings is 1. The lowest BCUT2D eigenvalue weighted by Crippen LogP contribution is -2.04. The van der Waals surface area contributed by atoms with Gasteiger partial charge in [-0.1, -0.05) is 30.3 Å². The van der Waals surface area contributed by atoms with E-state index in [2.05, 4.69) is 9.97 Å². The summed E-state index contributed by atoms with van der Waals surface area (Å²) in [7, 11) is 0. The van der Waals surface area contributed by atoms with Crippen molar-refractivity contribution in [3.05, 3.63) is 65.5 Å². The van der Waals surface area contributed by atoms with Crippen molar-refractivity contribution in [2.24, 2.45) is 0 Å². The van der Waals surface area contributed by atoms with Crippen LogP contribution in [0.2, 0.25) is 0 Å². The minimum absolute atomic E-state index is 0.0864. The van der Waals surface area contributed by atoms with E-state index in [1.807, 2.05) is 30.3 Å². The lowest BCUT2D eigenvalue weighted by atomic mass is 10.1. The molecule has 0 radical (unpaired) electrons. The number of fused-ring (bicyclic) bond motifs is 1. The van der Waals surface area contributed by atoms with Crippen molar-refractivity contribution in [1.29, 1.82) is 0 Å². The molecule has 0 aliphatic heterocycles. The minimum atomic E-state index is -0.352. The summed E-state index contributed by atoms with van der Waals surface area (Å²) in [5, 5.41) is 0. The van der Waals surface area contributed by atoms with Gasteiger partial charge in [0.25, 0.3) is 0 Å². The maximum atomic E-state index is 12.1. The molecule has 1 N–H and O–H groups in total. The summed E-state index contributed by atoms with van der Waals surface area (Å²) in [5.41, 5.74) is 2.73. The summed E-state index contributed by atoms with van der Waals surface area (Å²) >= 11 is 0. The zero-order valence-electron chi connectivity index (χ0n) is 13.4. The smallest absolute Gasteiger partial charge is 0.338 e. The number of nitrogens with one attached hydrogen (secondary N) is 1. The van der Waals surface area contributed by atoms with Gasteiger partial charge in [-0.15, -0.1) is 0 Å². The van der Waals surface area contributed by atoms with Crippen LogP contribution in [0.15, 0.2) is 48.5 Å². The number of nitrogens with zero attached hydrogens (tertiary/aromatic N) is 1. The number of Topliss-reactive ketones (excluding diaryl/α,β-unsaturated/α-hetero) is 1. The average molecular weight is 322 g/mol. The number of H-pyrrole nitrogens is 1. The van der Waals surface area contributed by atoms with Crippen molar-refractivity contribution in [3.63, 3.8) is 0 Å². The van der Waals surface area contributed by atoms with Gasteiger partial charge < -0.3 is 9.72 Å². The topological polar surface area (TPSA) is 72.0 Å². The van der Waals surface area contributed by atoms with E-state index >= 15 is 0 Å². The molecule has 0 amide bonds. The molecule has 1 aromatic heterocycles. The van der Waals surface area contributed by atoms with Gasteiger partial charge in [-0.2, -0.15) is 0 Å². The third kappa shape index (κ3) is 3.51. The zero-order chi connectivity index (χ0) is 16.9. The molecule has 0 bridgehead atoms. The Morgan fingerprint density at radius 2 is 1.88 bits per heavy atom. The predicted molar refractivity (Wildman–Crippen MR) is 91.1 cm³/mol. The van der Waals surface area contributed by atoms with E-state index in [9.17, 15) is 9.59 Å². The molecule has 0 spiro atoms. The van der Waals surface area contributed by atoms with Gasteiger partial charge in [-0.3, -0.25) is 4.79 Å². The van der Waals surface area contributed by atoms with Crippen LogP contribution in [0.3, 0.4) is 0 Å². The molecule has 5 heteroatoms. The molecule has 2 aromatic carbocycles. The molecule has 122 valence electrons. The largest absolute Gasteiger partial charge is 0.462 e. The van der Waals surface area contributed by atoms with Crippen LogP contribution in [0.25, 0.3) is 11.0 Å². The maximum Gasteiger partial charge on any atom is 0.338 e. The van der Waals surface area contributed by atoms with Crippen molar-refractivity contribution in [2.75, 3.05) is 6.61 Å². The molecule has 3 aromatic rings. The lowest BCUT2D eigenvalue weighted by molar-refractivity contribution is 0.0526. The molecule has 0 atom stereocenters. The Bertz CT molecular complexity index is 869. The first kappa shape index (κ1) is 15.9. The first-order valence-corrected chi connectivity index (χ1v) is 7.91. The Morgan fingerprint density at radius 3 is 2.62 bits per heavy atom. The van der Waals surface area contributed by atoms with Gasteiger partial charge in [-0.05, 0) is 25.1 Å². The number of ketones is 1. The summed E-state index contributed by atoms with van der Waals surface area (Å²) in [5.74, 6) is 0.466. The van der Waals surface area contributed by atoms with E-state index in [-0.39, 0.29) is 11.8 Å². The van der Waals surface area contributed by atoms with E-state index in [1.54, 1.807) is 25.1 Å². The van der Waals surface area contributed by atoms with E-state index in [4.69, 9.17) is 4.74 Å². The van der Waals surface area contributed by atoms with Gasteiger partial charge in [0.15, 0.2) is 5.78 Å². The van der Waals surface area contributed by atoms with Crippen LogP contribution >= 0.6 is 0 Å². The summed E-state index contributed by atoms with van der Waals surface area (Å²) in [4.78, 5) is 31.5. The molecule has 1 heterocycles. The Morgan fingerprint density at radius 1 is 1.08 bits per heavy atom. The minimum Gasteiger partial charge on any atom is -0.462 e. The highest BCUT2D eigenvalue weighted by Gasteiger charge is 2.11. The van der Waals surface area contributed by atoms with E-state index in [0.29, 0.717) is 30.6 Å². The number of aromatic nitrogens is 2. The fraction of sp³-hybridized carbons (Fsp3) is 0.211. The summed E-state index contributed by atoms with van der Waals surface area (Å²) in [6.45, 7) is 2.11. The number of esters is 1. The molecular formula is C19H18N2O3. The van der Waals surface area contributed by atoms with Crippen molar-refractivity contribution in [3.8, 4) is 0 Å². The molecular weight excluding hydrogens is 304 g/mol. The standard InChI is InChI=1S/C19H18N2O3/c1-2-24-19(23)14-8-9-15-16(12-14)21-18(20-15)11-10-17(22)13-6-4-3-5-7-13/h3-9,12H,2,10-11H2,1H3,(H,20,21). The van der Waals surface area contributed by atoms with Crippen molar-refractivity contribution >= 4 is 22.8 Å². The second-order valence-corrected chi connectivity index (χ2v) is 5.43. The van der Waals surface area contributed by atoms with Gasteiger partial charge in [0.2, 0.25) is 0 Å². The quantitative estimate of drug-likeness (QED) is 0.556. The van der Waals surface area contributed by atoms with Gasteiger partial charge >= 0.3 is 5.97 Å². The van der Waals surface area contributed by atoms with Gasteiger partial charge in [-0.25, -0.2) is 9.78 Å². The number of carbonyl (C=O) groups is 2. The number of ether oxygens (including phenoxy) is 1. The van der Waals surface area contributed by atoms with Crippen molar-refractivity contribution in [2.45, 2.75) is 19.8 Å². The van der Waals surface area contributed by atoms with E-state index in [1.165, 1.54) is 0 Å². The van der Waals surface area contributed by atoms with Gasteiger partial charge in [0, 0.05) is 18.4 Å². The fourth-order valence-electron chi connectivity index (χ4n) is 2.52. The highest BCUT2D eigenvalue weighted by Crippen LogP contribution is 2.16. The highest BCUT2D eigenvalue weighted by atomic mass is 16.5. The molecule has 0 saturated carbocycles. The monoisotopic (exact) mass is 322 g/mol. The second kappa shape index (κ2) is 7.08. The molecule has 0 aliphatic rings. The molecule has 0 unspecified atom stereocenters. The Balaban J connectivity index is 1.71. The van der Waals surface area contributed by atoms with Crippen molar-refractivity contribution in [1.82, 2.24) is 9.97 Å². The van der Waals surface area contributed by atoms with Crippen LogP contribution in [0.1, 0.15) is 39.9 Å². The number of aryl methyl sites for hydroxylation is 1. The van der Waals surface area contributed by atoms with Crippen LogP contribution in [0.5, 0.6) is 0 Å². The third-order valence-electron chi connectivity index (χ3n) is 3.73. The van der Waals surface area contributed by atoms with Crippen LogP contribution in [-0.2, 0) is 11.2 Å². The third-order valence-corrected chi connectivity index (χ3v) is 3.73. The fourth-order valence-corrected chi connectivity index (χ4v) is 2.52. The molecule has 0 aliphatic carbocycles. The Labute approximate surface area is 139 Å². The van der Waals surface area contributed by atoms with Crippen molar-refractivity contribution < 1.29 is 14.3 Å². The van der Waals surface area contributed by atoms with Gasteiger partial charge in [0.05, 0.1) is 23.2 Å². The zero-order valence-corrected chi connectivity index (χ0v) is 13.4. The summed E-state index contributed by atoms with van der Waals surface area (Å²) in [6.07, 6.45) is 0.908. The maximum absolute atomic E-state index is 12.1. The Kier molecular flexibility index (Phi) is 4.70. The van der Waals surface area contributed by atoms with Crippen LogP contribution in [0.4, 0.5) is 0 Å². The molecule has 5 nitrogen and oxygen atoms in total. The predicted octanol–water partition coefficient (Wildman–Crippen LogP) is 3.56. The molecule has 3 rings (SSSR count). The van der Waals surface area contributed by atoms with Gasteiger partial charge in [0.1, 0.15) is 5.82 Å². The number of rotatable bonds is 6. The first-order chi connectivity index (χ1) is 11.7. The normalized spacial score (nSPS) is 10.7. The Hall–Kier alpha value is -2.95. The lowest BCUT2D eigenvalue weighted by Gasteiger charge is -2.00. The number of aromatic amines is 1. The number of hydrogen-bond acceptors (Lipinski definition) is 4. The number of hydrogen-bond donors (Lipinski definition) is 1. The second-order valence-electron chi connectivity index (χ2n) is 5.43. The number of benzene rings is 2. The average Bonchev–Trinajstić information content (AvgIpc) is 3.02. The van der Waals surface area contributed by atoms with E-state index in [0.717, 1.165) is 16.9 Å². The summed E-state index contributed by atoms with van der Waals surface area (Å²) < 4.78 is 4.99. The van der Waals surface area contributed by atoms with Crippen LogP contribution < -0.4 is 0 Å². The van der Waals surface area contributed by atoms with Crippen LogP contribution in [0, 0.1) is 0 Å². The molecule has 0 saturated heterocycles.